The van der Waals surface area contributed by atoms with Gasteiger partial charge in [0.05, 0.1) is 19.8 Å². The highest BCUT2D eigenvalue weighted by atomic mass is 16.7. The Labute approximate surface area is 92.8 Å². The van der Waals surface area contributed by atoms with E-state index in [4.69, 9.17) is 19.9 Å². The summed E-state index contributed by atoms with van der Waals surface area (Å²) in [6.07, 6.45) is -1.50. The molecule has 16 heavy (non-hydrogen) atoms. The van der Waals surface area contributed by atoms with Crippen molar-refractivity contribution in [1.82, 2.24) is 0 Å². The first kappa shape index (κ1) is 12.7. The molecule has 0 aromatic rings. The van der Waals surface area contributed by atoms with Crippen LogP contribution in [0.5, 0.6) is 0 Å². The lowest BCUT2D eigenvalue weighted by Crippen LogP contribution is -2.51. The van der Waals surface area contributed by atoms with E-state index >= 15 is 0 Å². The van der Waals surface area contributed by atoms with Crippen LogP contribution in [0.4, 0.5) is 4.79 Å². The fourth-order valence-corrected chi connectivity index (χ4v) is 1.21. The van der Waals surface area contributed by atoms with Crippen molar-refractivity contribution in [2.24, 2.45) is 5.73 Å². The number of hydrogen-bond acceptors (Lipinski definition) is 6. The van der Waals surface area contributed by atoms with Gasteiger partial charge < -0.3 is 24.7 Å². The van der Waals surface area contributed by atoms with Crippen molar-refractivity contribution in [2.75, 3.05) is 19.8 Å². The molecule has 0 aromatic heterocycles. The van der Waals surface area contributed by atoms with Gasteiger partial charge in [-0.1, -0.05) is 0 Å². The van der Waals surface area contributed by atoms with Crippen molar-refractivity contribution in [3.05, 3.63) is 0 Å². The first-order valence-corrected chi connectivity index (χ1v) is 4.89. The van der Waals surface area contributed by atoms with Gasteiger partial charge in [0.1, 0.15) is 0 Å². The number of esters is 1. The molecule has 1 rings (SSSR count). The second-order valence-corrected chi connectivity index (χ2v) is 3.35. The van der Waals surface area contributed by atoms with E-state index in [1.807, 2.05) is 0 Å². The molecule has 1 aliphatic heterocycles. The first-order chi connectivity index (χ1) is 7.48. The molecule has 0 radical (unpaired) electrons. The van der Waals surface area contributed by atoms with E-state index < -0.39 is 24.0 Å². The third-order valence-corrected chi connectivity index (χ3v) is 2.02. The minimum atomic E-state index is -1.44. The molecule has 0 aromatic carbocycles. The molecule has 92 valence electrons. The molecule has 1 heterocycles. The smallest absolute Gasteiger partial charge is 0.404 e. The molecule has 7 heteroatoms. The molecule has 2 N–H and O–H groups in total. The summed E-state index contributed by atoms with van der Waals surface area (Å²) in [7, 11) is 0. The summed E-state index contributed by atoms with van der Waals surface area (Å²) in [6.45, 7) is 3.45. The minimum Gasteiger partial charge on any atom is -0.462 e. The van der Waals surface area contributed by atoms with Crippen LogP contribution in [0.2, 0.25) is 0 Å². The Bertz CT molecular complexity index is 271. The maximum Gasteiger partial charge on any atom is 0.404 e. The normalized spacial score (nSPS) is 29.5. The molecule has 1 amide bonds. The van der Waals surface area contributed by atoms with E-state index in [0.29, 0.717) is 0 Å². The summed E-state index contributed by atoms with van der Waals surface area (Å²) in [4.78, 5) is 21.9. The summed E-state index contributed by atoms with van der Waals surface area (Å²) < 4.78 is 19.8. The zero-order chi connectivity index (χ0) is 12.2. The van der Waals surface area contributed by atoms with Gasteiger partial charge in [0.15, 0.2) is 6.10 Å². The fourth-order valence-electron chi connectivity index (χ4n) is 1.21. The highest BCUT2D eigenvalue weighted by molar-refractivity contribution is 5.77. The fraction of sp³-hybridized carbons (Fsp3) is 0.778. The summed E-state index contributed by atoms with van der Waals surface area (Å²) in [5.41, 5.74) is 4.83. The van der Waals surface area contributed by atoms with Crippen molar-refractivity contribution in [2.45, 2.75) is 25.7 Å². The Kier molecular flexibility index (Phi) is 4.08. The first-order valence-electron chi connectivity index (χ1n) is 4.89. The standard InChI is InChI=1S/C9H15NO6/c1-3-13-7(11)9(2)14-4-6(5-15-9)16-8(10)12/h6H,3-5H2,1-2H3,(H2,10,12). The predicted octanol–water partition coefficient (Wildman–Crippen LogP) is -0.224. The molecule has 0 saturated carbocycles. The van der Waals surface area contributed by atoms with Crippen LogP contribution in [-0.4, -0.2) is 43.8 Å². The quantitative estimate of drug-likeness (QED) is 0.676. The van der Waals surface area contributed by atoms with E-state index in [1.54, 1.807) is 6.92 Å². The lowest BCUT2D eigenvalue weighted by atomic mass is 10.2. The molecule has 1 saturated heterocycles. The van der Waals surface area contributed by atoms with Gasteiger partial charge >= 0.3 is 12.1 Å². The largest absolute Gasteiger partial charge is 0.462 e. The van der Waals surface area contributed by atoms with Gasteiger partial charge in [-0.25, -0.2) is 9.59 Å². The average Bonchev–Trinajstić information content (AvgIpc) is 2.21. The number of primary amides is 1. The van der Waals surface area contributed by atoms with Crippen LogP contribution in [0.15, 0.2) is 0 Å². The van der Waals surface area contributed by atoms with Gasteiger partial charge in [0.25, 0.3) is 5.79 Å². The molecular formula is C9H15NO6. The van der Waals surface area contributed by atoms with Gasteiger partial charge in [-0.2, -0.15) is 0 Å². The van der Waals surface area contributed by atoms with Crippen LogP contribution in [0.1, 0.15) is 13.8 Å². The lowest BCUT2D eigenvalue weighted by molar-refractivity contribution is -0.280. The molecular weight excluding hydrogens is 218 g/mol. The third kappa shape index (κ3) is 3.07. The van der Waals surface area contributed by atoms with Crippen molar-refractivity contribution >= 4 is 12.1 Å². The molecule has 0 unspecified atom stereocenters. The van der Waals surface area contributed by atoms with Crippen molar-refractivity contribution in [1.29, 1.82) is 0 Å². The molecule has 0 aliphatic carbocycles. The zero-order valence-corrected chi connectivity index (χ0v) is 9.23. The maximum absolute atomic E-state index is 11.4. The number of hydrogen-bond donors (Lipinski definition) is 1. The summed E-state index contributed by atoms with van der Waals surface area (Å²) >= 11 is 0. The Hall–Kier alpha value is -1.34. The van der Waals surface area contributed by atoms with E-state index in [9.17, 15) is 9.59 Å². The van der Waals surface area contributed by atoms with Crippen LogP contribution in [-0.2, 0) is 23.7 Å². The second kappa shape index (κ2) is 5.13. The summed E-state index contributed by atoms with van der Waals surface area (Å²) in [6, 6.07) is 0. The number of amides is 1. The highest BCUT2D eigenvalue weighted by Crippen LogP contribution is 2.21. The van der Waals surface area contributed by atoms with E-state index in [0.717, 1.165) is 0 Å². The molecule has 7 nitrogen and oxygen atoms in total. The highest BCUT2D eigenvalue weighted by Gasteiger charge is 2.42. The molecule has 1 fully saturated rings. The van der Waals surface area contributed by atoms with Crippen LogP contribution < -0.4 is 5.73 Å². The van der Waals surface area contributed by atoms with Crippen LogP contribution >= 0.6 is 0 Å². The Balaban J connectivity index is 2.46. The van der Waals surface area contributed by atoms with E-state index in [1.165, 1.54) is 6.92 Å². The minimum absolute atomic E-state index is 0.0399. The van der Waals surface area contributed by atoms with Crippen molar-refractivity contribution in [3.8, 4) is 0 Å². The zero-order valence-electron chi connectivity index (χ0n) is 9.23. The molecule has 1 aliphatic rings. The van der Waals surface area contributed by atoms with Crippen molar-refractivity contribution < 1.29 is 28.5 Å². The topological polar surface area (TPSA) is 97.1 Å². The van der Waals surface area contributed by atoms with Gasteiger partial charge in [-0.05, 0) is 6.92 Å². The van der Waals surface area contributed by atoms with Gasteiger partial charge in [-0.3, -0.25) is 0 Å². The maximum atomic E-state index is 11.4. The molecule has 0 bridgehead atoms. The lowest BCUT2D eigenvalue weighted by Gasteiger charge is -2.34. The van der Waals surface area contributed by atoms with Crippen LogP contribution in [0.3, 0.4) is 0 Å². The Morgan fingerprint density at radius 3 is 2.44 bits per heavy atom. The monoisotopic (exact) mass is 233 g/mol. The second-order valence-electron chi connectivity index (χ2n) is 3.35. The average molecular weight is 233 g/mol. The number of nitrogens with two attached hydrogens (primary N) is 1. The molecule has 0 atom stereocenters. The van der Waals surface area contributed by atoms with E-state index in [2.05, 4.69) is 4.74 Å². The summed E-state index contributed by atoms with van der Waals surface area (Å²) in [5, 5.41) is 0. The number of ether oxygens (including phenoxy) is 4. The molecule has 0 spiro atoms. The third-order valence-electron chi connectivity index (χ3n) is 2.02. The van der Waals surface area contributed by atoms with Crippen LogP contribution in [0, 0.1) is 0 Å². The number of carbonyl (C=O) groups excluding carboxylic acids is 2. The summed E-state index contributed by atoms with van der Waals surface area (Å²) in [5.74, 6) is -2.04. The SMILES string of the molecule is CCOC(=O)C1(C)OCC(OC(N)=O)CO1. The Morgan fingerprint density at radius 2 is 2.00 bits per heavy atom. The van der Waals surface area contributed by atoms with Gasteiger partial charge in [-0.15, -0.1) is 0 Å². The Morgan fingerprint density at radius 1 is 1.44 bits per heavy atom. The van der Waals surface area contributed by atoms with Crippen molar-refractivity contribution in [3.63, 3.8) is 0 Å². The van der Waals surface area contributed by atoms with Gasteiger partial charge in [0.2, 0.25) is 0 Å². The number of carbonyl (C=O) groups is 2. The number of rotatable bonds is 3. The van der Waals surface area contributed by atoms with E-state index in [-0.39, 0.29) is 19.8 Å². The van der Waals surface area contributed by atoms with Gasteiger partial charge in [0, 0.05) is 6.92 Å². The predicted molar refractivity (Wildman–Crippen MR) is 51.4 cm³/mol. The van der Waals surface area contributed by atoms with Crippen LogP contribution in [0.25, 0.3) is 0 Å².